The number of ether oxygens (including phenoxy) is 2. The van der Waals surface area contributed by atoms with Crippen LogP contribution in [-0.4, -0.2) is 23.7 Å². The first-order chi connectivity index (χ1) is 17.2. The number of pyridine rings is 1. The van der Waals surface area contributed by atoms with E-state index in [4.69, 9.17) is 9.47 Å². The summed E-state index contributed by atoms with van der Waals surface area (Å²) < 4.78 is 13.4. The molecule has 0 fully saturated rings. The molecule has 0 radical (unpaired) electrons. The summed E-state index contributed by atoms with van der Waals surface area (Å²) in [6.45, 7) is 1.51. The Bertz CT molecular complexity index is 1550. The molecule has 0 aliphatic carbocycles. The molecule has 3 aromatic carbocycles. The van der Waals surface area contributed by atoms with Gasteiger partial charge in [-0.05, 0) is 47.8 Å². The minimum absolute atomic E-state index is 0.0258. The number of carbonyl (C=O) groups excluding carboxylic acids is 1. The number of amides is 1. The van der Waals surface area contributed by atoms with Crippen LogP contribution in [0, 0.1) is 0 Å². The Kier molecular flexibility index (Phi) is 5.47. The molecule has 35 heavy (non-hydrogen) atoms. The quantitative estimate of drug-likeness (QED) is 0.322. The van der Waals surface area contributed by atoms with E-state index >= 15 is 0 Å². The standard InChI is InChI=1S/C28H22N2O4S/c31-27(18-30-23-9-3-1-7-21(23)28(32)22-8-2-4-10-24(22)30)29(17-20-6-5-15-35-20)19-11-12-25-26(16-19)34-14-13-33-25/h1-12,15-16H,13-14,17-18H2. The zero-order valence-corrected chi connectivity index (χ0v) is 19.7. The maximum atomic E-state index is 13.9. The number of hydrogen-bond donors (Lipinski definition) is 0. The molecule has 1 amide bonds. The first-order valence-electron chi connectivity index (χ1n) is 11.4. The van der Waals surface area contributed by atoms with E-state index in [9.17, 15) is 9.59 Å². The van der Waals surface area contributed by atoms with Crippen molar-refractivity contribution in [3.8, 4) is 11.5 Å². The lowest BCUT2D eigenvalue weighted by Gasteiger charge is -2.26. The van der Waals surface area contributed by atoms with Crippen molar-refractivity contribution in [1.29, 1.82) is 0 Å². The smallest absolute Gasteiger partial charge is 0.247 e. The van der Waals surface area contributed by atoms with Gasteiger partial charge in [-0.3, -0.25) is 9.59 Å². The Labute approximate surface area is 205 Å². The van der Waals surface area contributed by atoms with E-state index in [-0.39, 0.29) is 17.9 Å². The predicted molar refractivity (Wildman–Crippen MR) is 139 cm³/mol. The van der Waals surface area contributed by atoms with Gasteiger partial charge < -0.3 is 18.9 Å². The number of carbonyl (C=O) groups is 1. The number of benzene rings is 3. The van der Waals surface area contributed by atoms with Gasteiger partial charge in [0, 0.05) is 27.4 Å². The first kappa shape index (κ1) is 21.4. The number of para-hydroxylation sites is 2. The normalized spacial score (nSPS) is 12.7. The number of rotatable bonds is 5. The van der Waals surface area contributed by atoms with Crippen LogP contribution in [0.15, 0.2) is 89.0 Å². The number of anilines is 1. The number of nitrogens with zero attached hydrogens (tertiary/aromatic N) is 2. The van der Waals surface area contributed by atoms with Gasteiger partial charge in [0.2, 0.25) is 5.91 Å². The maximum Gasteiger partial charge on any atom is 0.247 e. The molecule has 0 atom stereocenters. The van der Waals surface area contributed by atoms with Crippen LogP contribution in [0.1, 0.15) is 4.88 Å². The summed E-state index contributed by atoms with van der Waals surface area (Å²) in [5.41, 5.74) is 2.19. The highest BCUT2D eigenvalue weighted by Gasteiger charge is 2.22. The molecule has 1 aliphatic heterocycles. The van der Waals surface area contributed by atoms with Crippen LogP contribution < -0.4 is 19.8 Å². The molecular formula is C28H22N2O4S. The maximum absolute atomic E-state index is 13.9. The topological polar surface area (TPSA) is 60.8 Å². The monoisotopic (exact) mass is 482 g/mol. The molecule has 0 unspecified atom stereocenters. The van der Waals surface area contributed by atoms with E-state index in [0.29, 0.717) is 42.0 Å². The van der Waals surface area contributed by atoms with Crippen molar-refractivity contribution >= 4 is 44.7 Å². The van der Waals surface area contributed by atoms with Crippen molar-refractivity contribution in [3.63, 3.8) is 0 Å². The van der Waals surface area contributed by atoms with Crippen molar-refractivity contribution in [2.45, 2.75) is 13.1 Å². The van der Waals surface area contributed by atoms with Crippen LogP contribution in [0.3, 0.4) is 0 Å². The van der Waals surface area contributed by atoms with Gasteiger partial charge in [-0.15, -0.1) is 11.3 Å². The third-order valence-electron chi connectivity index (χ3n) is 6.20. The third-order valence-corrected chi connectivity index (χ3v) is 7.07. The molecule has 0 bridgehead atoms. The lowest BCUT2D eigenvalue weighted by atomic mass is 10.1. The van der Waals surface area contributed by atoms with E-state index in [1.54, 1.807) is 16.2 Å². The molecule has 0 saturated heterocycles. The zero-order chi connectivity index (χ0) is 23.8. The van der Waals surface area contributed by atoms with E-state index in [0.717, 1.165) is 21.6 Å². The highest BCUT2D eigenvalue weighted by Crippen LogP contribution is 2.35. The molecule has 1 aliphatic rings. The summed E-state index contributed by atoms with van der Waals surface area (Å²) in [6.07, 6.45) is 0. The number of fused-ring (bicyclic) bond motifs is 3. The van der Waals surface area contributed by atoms with E-state index in [2.05, 4.69) is 0 Å². The van der Waals surface area contributed by atoms with Crippen LogP contribution >= 0.6 is 11.3 Å². The largest absolute Gasteiger partial charge is 0.486 e. The molecule has 6 nitrogen and oxygen atoms in total. The van der Waals surface area contributed by atoms with Gasteiger partial charge in [0.1, 0.15) is 19.8 Å². The van der Waals surface area contributed by atoms with Crippen LogP contribution in [0.4, 0.5) is 5.69 Å². The molecule has 0 N–H and O–H groups in total. The summed E-state index contributed by atoms with van der Waals surface area (Å²) in [4.78, 5) is 29.9. The molecule has 174 valence electrons. The lowest BCUT2D eigenvalue weighted by Crippen LogP contribution is -2.34. The Morgan fingerprint density at radius 2 is 1.54 bits per heavy atom. The van der Waals surface area contributed by atoms with Crippen LogP contribution in [0.2, 0.25) is 0 Å². The van der Waals surface area contributed by atoms with Gasteiger partial charge in [0.05, 0.1) is 17.6 Å². The molecule has 7 heteroatoms. The molecule has 0 saturated carbocycles. The fourth-order valence-corrected chi connectivity index (χ4v) is 5.24. The van der Waals surface area contributed by atoms with Crippen LogP contribution in [0.5, 0.6) is 11.5 Å². The second-order valence-corrected chi connectivity index (χ2v) is 9.37. The Morgan fingerprint density at radius 3 is 2.23 bits per heavy atom. The van der Waals surface area contributed by atoms with Crippen molar-refractivity contribution < 1.29 is 14.3 Å². The van der Waals surface area contributed by atoms with Crippen molar-refractivity contribution in [2.75, 3.05) is 18.1 Å². The summed E-state index contributed by atoms with van der Waals surface area (Å²) in [5, 5.41) is 3.20. The molecule has 0 spiro atoms. The SMILES string of the molecule is O=C(Cn1c2ccccc2c(=O)c2ccccc21)N(Cc1cccs1)c1ccc2c(c1)OCCO2. The molecule has 6 rings (SSSR count). The summed E-state index contributed by atoms with van der Waals surface area (Å²) in [5.74, 6) is 1.23. The Morgan fingerprint density at radius 1 is 0.857 bits per heavy atom. The number of aromatic nitrogens is 1. The average Bonchev–Trinajstić information content (AvgIpc) is 3.43. The van der Waals surface area contributed by atoms with Crippen molar-refractivity contribution in [1.82, 2.24) is 4.57 Å². The van der Waals surface area contributed by atoms with E-state index in [1.807, 2.05) is 88.8 Å². The summed E-state index contributed by atoms with van der Waals surface area (Å²) in [7, 11) is 0. The van der Waals surface area contributed by atoms with Crippen LogP contribution in [-0.2, 0) is 17.9 Å². The van der Waals surface area contributed by atoms with Gasteiger partial charge in [-0.1, -0.05) is 30.3 Å². The number of thiophene rings is 1. The highest BCUT2D eigenvalue weighted by atomic mass is 32.1. The summed E-state index contributed by atoms with van der Waals surface area (Å²) in [6, 6.07) is 24.5. The average molecular weight is 483 g/mol. The lowest BCUT2D eigenvalue weighted by molar-refractivity contribution is -0.119. The van der Waals surface area contributed by atoms with Crippen molar-refractivity contribution in [3.05, 3.63) is 99.3 Å². The van der Waals surface area contributed by atoms with Gasteiger partial charge in [-0.25, -0.2) is 0 Å². The van der Waals surface area contributed by atoms with E-state index in [1.165, 1.54) is 0 Å². The first-order valence-corrected chi connectivity index (χ1v) is 12.3. The van der Waals surface area contributed by atoms with E-state index < -0.39 is 0 Å². The molecular weight excluding hydrogens is 460 g/mol. The predicted octanol–water partition coefficient (Wildman–Crippen LogP) is 5.22. The second kappa shape index (κ2) is 8.92. The fourth-order valence-electron chi connectivity index (χ4n) is 4.55. The Hall–Kier alpha value is -4.10. The van der Waals surface area contributed by atoms with Gasteiger partial charge in [0.15, 0.2) is 16.9 Å². The summed E-state index contributed by atoms with van der Waals surface area (Å²) >= 11 is 1.61. The van der Waals surface area contributed by atoms with Gasteiger partial charge in [0.25, 0.3) is 0 Å². The highest BCUT2D eigenvalue weighted by molar-refractivity contribution is 7.09. The van der Waals surface area contributed by atoms with Gasteiger partial charge in [-0.2, -0.15) is 0 Å². The fraction of sp³-hybridized carbons (Fsp3) is 0.143. The van der Waals surface area contributed by atoms with Crippen LogP contribution in [0.25, 0.3) is 21.8 Å². The number of hydrogen-bond acceptors (Lipinski definition) is 5. The minimum Gasteiger partial charge on any atom is -0.486 e. The molecule has 2 aromatic heterocycles. The zero-order valence-electron chi connectivity index (χ0n) is 18.8. The Balaban J connectivity index is 1.45. The van der Waals surface area contributed by atoms with Crippen molar-refractivity contribution in [2.24, 2.45) is 0 Å². The van der Waals surface area contributed by atoms with Gasteiger partial charge >= 0.3 is 0 Å². The molecule has 5 aromatic rings. The third kappa shape index (κ3) is 3.94. The molecule has 3 heterocycles. The second-order valence-electron chi connectivity index (χ2n) is 8.34. The minimum atomic E-state index is -0.0889.